The second-order valence-corrected chi connectivity index (χ2v) is 6.31. The molecule has 0 spiro atoms. The average molecular weight is 258 g/mol. The molecule has 0 amide bonds. The monoisotopic (exact) mass is 258 g/mol. The van der Waals surface area contributed by atoms with Crippen LogP contribution in [-0.2, 0) is 0 Å². The molecule has 1 atom stereocenters. The summed E-state index contributed by atoms with van der Waals surface area (Å²) in [4.78, 5) is 0. The van der Waals surface area contributed by atoms with Crippen LogP contribution in [0.1, 0.15) is 78.1 Å². The maximum Gasteiger partial charge on any atom is -0.0191 e. The van der Waals surface area contributed by atoms with Crippen LogP contribution in [-0.4, -0.2) is 0 Å². The highest BCUT2D eigenvalue weighted by Crippen LogP contribution is 2.33. The second-order valence-electron chi connectivity index (χ2n) is 6.31. The van der Waals surface area contributed by atoms with Gasteiger partial charge in [0, 0.05) is 0 Å². The Kier molecular flexibility index (Phi) is 5.94. The minimum atomic E-state index is 0.781. The SMILES string of the molecule is CCCCCC1=CCCC2=C(C=C1)C(C)CCCC2. The van der Waals surface area contributed by atoms with Crippen molar-refractivity contribution in [1.82, 2.24) is 0 Å². The van der Waals surface area contributed by atoms with Crippen molar-refractivity contribution in [1.29, 1.82) is 0 Å². The van der Waals surface area contributed by atoms with E-state index in [1.165, 1.54) is 64.2 Å². The van der Waals surface area contributed by atoms with Crippen LogP contribution < -0.4 is 0 Å². The van der Waals surface area contributed by atoms with E-state index in [1.54, 1.807) is 16.7 Å². The van der Waals surface area contributed by atoms with Crippen LogP contribution in [0.2, 0.25) is 0 Å². The zero-order valence-electron chi connectivity index (χ0n) is 12.9. The summed E-state index contributed by atoms with van der Waals surface area (Å²) < 4.78 is 0. The van der Waals surface area contributed by atoms with Gasteiger partial charge in [-0.05, 0) is 56.4 Å². The van der Waals surface area contributed by atoms with Crippen molar-refractivity contribution in [2.75, 3.05) is 0 Å². The van der Waals surface area contributed by atoms with Gasteiger partial charge in [-0.15, -0.1) is 0 Å². The van der Waals surface area contributed by atoms with E-state index in [0.717, 1.165) is 5.92 Å². The lowest BCUT2D eigenvalue weighted by atomic mass is 9.89. The highest BCUT2D eigenvalue weighted by Gasteiger charge is 2.16. The first-order valence-electron chi connectivity index (χ1n) is 8.40. The fourth-order valence-corrected chi connectivity index (χ4v) is 3.45. The van der Waals surface area contributed by atoms with E-state index in [-0.39, 0.29) is 0 Å². The largest absolute Gasteiger partial charge is 0.0810 e. The summed E-state index contributed by atoms with van der Waals surface area (Å²) in [5.41, 5.74) is 5.01. The molecule has 0 heterocycles. The van der Waals surface area contributed by atoms with Crippen molar-refractivity contribution in [3.8, 4) is 0 Å². The Morgan fingerprint density at radius 3 is 2.84 bits per heavy atom. The van der Waals surface area contributed by atoms with E-state index in [9.17, 15) is 0 Å². The number of rotatable bonds is 4. The predicted molar refractivity (Wildman–Crippen MR) is 85.3 cm³/mol. The molecule has 2 rings (SSSR count). The summed E-state index contributed by atoms with van der Waals surface area (Å²) in [6, 6.07) is 0. The maximum atomic E-state index is 2.49. The van der Waals surface area contributed by atoms with E-state index >= 15 is 0 Å². The van der Waals surface area contributed by atoms with Gasteiger partial charge in [-0.2, -0.15) is 0 Å². The second kappa shape index (κ2) is 7.72. The first kappa shape index (κ1) is 14.6. The molecule has 0 saturated carbocycles. The molecule has 1 unspecified atom stereocenters. The standard InChI is InChI=1S/C19H30/c1-3-4-5-10-17-11-8-13-18-12-7-6-9-16(2)19(18)15-14-17/h11,14-16H,3-10,12-13H2,1-2H3. The molecule has 0 nitrogen and oxygen atoms in total. The van der Waals surface area contributed by atoms with Crippen LogP contribution in [0.15, 0.2) is 34.9 Å². The van der Waals surface area contributed by atoms with Crippen molar-refractivity contribution in [2.24, 2.45) is 5.92 Å². The van der Waals surface area contributed by atoms with E-state index in [2.05, 4.69) is 32.1 Å². The van der Waals surface area contributed by atoms with Crippen molar-refractivity contribution in [2.45, 2.75) is 78.1 Å². The highest BCUT2D eigenvalue weighted by atomic mass is 14.2. The summed E-state index contributed by atoms with van der Waals surface area (Å²) in [7, 11) is 0. The molecular weight excluding hydrogens is 228 g/mol. The molecule has 0 heteroatoms. The van der Waals surface area contributed by atoms with E-state index in [1.807, 2.05) is 0 Å². The van der Waals surface area contributed by atoms with Crippen molar-refractivity contribution >= 4 is 0 Å². The summed E-state index contributed by atoms with van der Waals surface area (Å²) in [6.07, 6.45) is 20.8. The number of hydrogen-bond donors (Lipinski definition) is 0. The molecule has 0 saturated heterocycles. The third-order valence-electron chi connectivity index (χ3n) is 4.70. The normalized spacial score (nSPS) is 24.3. The molecular formula is C19H30. The zero-order chi connectivity index (χ0) is 13.5. The molecule has 0 bridgehead atoms. The van der Waals surface area contributed by atoms with Gasteiger partial charge in [-0.3, -0.25) is 0 Å². The first-order valence-corrected chi connectivity index (χ1v) is 8.40. The van der Waals surface area contributed by atoms with E-state index in [4.69, 9.17) is 0 Å². The summed E-state index contributed by atoms with van der Waals surface area (Å²) in [6.45, 7) is 4.71. The van der Waals surface area contributed by atoms with Gasteiger partial charge in [-0.25, -0.2) is 0 Å². The van der Waals surface area contributed by atoms with Crippen LogP contribution in [0.25, 0.3) is 0 Å². The summed E-state index contributed by atoms with van der Waals surface area (Å²) in [5, 5.41) is 0. The van der Waals surface area contributed by atoms with Gasteiger partial charge in [0.1, 0.15) is 0 Å². The minimum absolute atomic E-state index is 0.781. The van der Waals surface area contributed by atoms with Crippen LogP contribution in [0, 0.1) is 5.92 Å². The van der Waals surface area contributed by atoms with Crippen LogP contribution in [0.5, 0.6) is 0 Å². The molecule has 0 fully saturated rings. The van der Waals surface area contributed by atoms with Gasteiger partial charge in [0.05, 0.1) is 0 Å². The average Bonchev–Trinajstić information content (AvgIpc) is 2.54. The Bertz CT molecular complexity index is 367. The first-order chi connectivity index (χ1) is 9.31. The number of unbranched alkanes of at least 4 members (excludes halogenated alkanes) is 2. The topological polar surface area (TPSA) is 0 Å². The summed E-state index contributed by atoms with van der Waals surface area (Å²) in [5.74, 6) is 0.781. The lowest BCUT2D eigenvalue weighted by molar-refractivity contribution is 0.591. The third-order valence-corrected chi connectivity index (χ3v) is 4.70. The lowest BCUT2D eigenvalue weighted by Crippen LogP contribution is -2.00. The van der Waals surface area contributed by atoms with Crippen molar-refractivity contribution < 1.29 is 0 Å². The quantitative estimate of drug-likeness (QED) is 0.515. The molecule has 2 aliphatic carbocycles. The van der Waals surface area contributed by atoms with Gasteiger partial charge < -0.3 is 0 Å². The van der Waals surface area contributed by atoms with Gasteiger partial charge in [0.25, 0.3) is 0 Å². The fourth-order valence-electron chi connectivity index (χ4n) is 3.45. The van der Waals surface area contributed by atoms with Gasteiger partial charge in [0.2, 0.25) is 0 Å². The zero-order valence-corrected chi connectivity index (χ0v) is 12.9. The van der Waals surface area contributed by atoms with Gasteiger partial charge in [0.15, 0.2) is 0 Å². The Hall–Kier alpha value is -0.780. The molecule has 0 aromatic carbocycles. The molecule has 0 aliphatic heterocycles. The van der Waals surface area contributed by atoms with Gasteiger partial charge in [-0.1, -0.05) is 62.5 Å². The van der Waals surface area contributed by atoms with E-state index in [0.29, 0.717) is 0 Å². The maximum absolute atomic E-state index is 2.49. The third kappa shape index (κ3) is 4.37. The van der Waals surface area contributed by atoms with Crippen LogP contribution in [0.3, 0.4) is 0 Å². The molecule has 0 aromatic rings. The Morgan fingerprint density at radius 1 is 1.11 bits per heavy atom. The fraction of sp³-hybridized carbons (Fsp3) is 0.684. The molecule has 0 N–H and O–H groups in total. The Labute approximate surface area is 119 Å². The lowest BCUT2D eigenvalue weighted by Gasteiger charge is -2.17. The van der Waals surface area contributed by atoms with Gasteiger partial charge >= 0.3 is 0 Å². The highest BCUT2D eigenvalue weighted by molar-refractivity contribution is 5.35. The number of hydrogen-bond acceptors (Lipinski definition) is 0. The van der Waals surface area contributed by atoms with Crippen molar-refractivity contribution in [3.63, 3.8) is 0 Å². The summed E-state index contributed by atoms with van der Waals surface area (Å²) >= 11 is 0. The Balaban J connectivity index is 2.05. The molecule has 106 valence electrons. The van der Waals surface area contributed by atoms with Crippen LogP contribution >= 0.6 is 0 Å². The number of allylic oxidation sites excluding steroid dienone is 6. The molecule has 0 radical (unpaired) electrons. The van der Waals surface area contributed by atoms with Crippen LogP contribution in [0.4, 0.5) is 0 Å². The molecule has 0 aromatic heterocycles. The smallest absolute Gasteiger partial charge is 0.0191 e. The molecule has 19 heavy (non-hydrogen) atoms. The van der Waals surface area contributed by atoms with Crippen molar-refractivity contribution in [3.05, 3.63) is 34.9 Å². The van der Waals surface area contributed by atoms with E-state index < -0.39 is 0 Å². The predicted octanol–water partition coefficient (Wildman–Crippen LogP) is 6.35. The minimum Gasteiger partial charge on any atom is -0.0810 e. The Morgan fingerprint density at radius 2 is 2.00 bits per heavy atom. The molecule has 2 aliphatic rings.